The second-order valence-electron chi connectivity index (χ2n) is 5.99. The minimum atomic E-state index is -0.173. The predicted molar refractivity (Wildman–Crippen MR) is 78.5 cm³/mol. The first kappa shape index (κ1) is 13.7. The Hall–Kier alpha value is -1.71. The van der Waals surface area contributed by atoms with Crippen LogP contribution in [0.2, 0.25) is 0 Å². The summed E-state index contributed by atoms with van der Waals surface area (Å²) in [6.45, 7) is 9.35. The maximum absolute atomic E-state index is 12.1. The van der Waals surface area contributed by atoms with Gasteiger partial charge in [-0.15, -0.1) is 0 Å². The number of hydrogen-bond donors (Lipinski definition) is 1. The number of amides is 2. The Labute approximate surface area is 115 Å². The topological polar surface area (TPSA) is 35.6 Å². The minimum absolute atomic E-state index is 0.0419. The highest BCUT2D eigenvalue weighted by Crippen LogP contribution is 2.15. The second kappa shape index (κ2) is 5.51. The number of urea groups is 1. The summed E-state index contributed by atoms with van der Waals surface area (Å²) in [6.07, 6.45) is 0. The van der Waals surface area contributed by atoms with Gasteiger partial charge in [-0.25, -0.2) is 4.79 Å². The fourth-order valence-corrected chi connectivity index (χ4v) is 2.21. The van der Waals surface area contributed by atoms with E-state index < -0.39 is 0 Å². The fraction of sp³-hybridized carbons (Fsp3) is 0.533. The van der Waals surface area contributed by atoms with Crippen LogP contribution >= 0.6 is 0 Å². The molecular weight excluding hydrogens is 238 g/mol. The van der Waals surface area contributed by atoms with Gasteiger partial charge in [0.1, 0.15) is 0 Å². The minimum Gasteiger partial charge on any atom is -0.368 e. The van der Waals surface area contributed by atoms with E-state index in [2.05, 4.69) is 22.3 Å². The van der Waals surface area contributed by atoms with Gasteiger partial charge in [0.05, 0.1) is 0 Å². The maximum Gasteiger partial charge on any atom is 0.317 e. The second-order valence-corrected chi connectivity index (χ2v) is 5.99. The largest absolute Gasteiger partial charge is 0.368 e. The van der Waals surface area contributed by atoms with Crippen LogP contribution < -0.4 is 10.2 Å². The fourth-order valence-electron chi connectivity index (χ4n) is 2.21. The number of nitrogens with zero attached hydrogens (tertiary/aromatic N) is 2. The summed E-state index contributed by atoms with van der Waals surface area (Å²) in [6, 6.07) is 10.4. The van der Waals surface area contributed by atoms with Gasteiger partial charge < -0.3 is 15.1 Å². The van der Waals surface area contributed by atoms with Gasteiger partial charge in [0.25, 0.3) is 0 Å². The Morgan fingerprint density at radius 1 is 1.05 bits per heavy atom. The number of carbonyl (C=O) groups excluding carboxylic acids is 1. The number of para-hydroxylation sites is 1. The molecule has 0 radical (unpaired) electrons. The van der Waals surface area contributed by atoms with Crippen molar-refractivity contribution in [3.8, 4) is 0 Å². The van der Waals surface area contributed by atoms with Crippen LogP contribution in [0, 0.1) is 0 Å². The summed E-state index contributed by atoms with van der Waals surface area (Å²) < 4.78 is 0. The van der Waals surface area contributed by atoms with Gasteiger partial charge in [0, 0.05) is 37.4 Å². The third-order valence-corrected chi connectivity index (χ3v) is 3.17. The zero-order valence-electron chi connectivity index (χ0n) is 12.0. The van der Waals surface area contributed by atoms with Crippen molar-refractivity contribution in [1.29, 1.82) is 0 Å². The summed E-state index contributed by atoms with van der Waals surface area (Å²) in [7, 11) is 0. The third-order valence-electron chi connectivity index (χ3n) is 3.17. The van der Waals surface area contributed by atoms with Crippen LogP contribution in [0.3, 0.4) is 0 Å². The summed E-state index contributed by atoms with van der Waals surface area (Å²) in [5, 5.41) is 3.01. The maximum atomic E-state index is 12.1. The zero-order valence-corrected chi connectivity index (χ0v) is 12.0. The first-order valence-electron chi connectivity index (χ1n) is 6.83. The van der Waals surface area contributed by atoms with Gasteiger partial charge in [-0.2, -0.15) is 0 Å². The number of anilines is 1. The molecule has 4 nitrogen and oxygen atoms in total. The lowest BCUT2D eigenvalue weighted by molar-refractivity contribution is 0.185. The highest BCUT2D eigenvalue weighted by molar-refractivity contribution is 5.75. The first-order valence-corrected chi connectivity index (χ1v) is 6.83. The van der Waals surface area contributed by atoms with Gasteiger partial charge in [0.2, 0.25) is 0 Å². The Bertz CT molecular complexity index is 417. The molecular formula is C15H23N3O. The molecule has 19 heavy (non-hydrogen) atoms. The molecule has 1 aromatic carbocycles. The van der Waals surface area contributed by atoms with Crippen molar-refractivity contribution in [3.63, 3.8) is 0 Å². The van der Waals surface area contributed by atoms with E-state index in [0.29, 0.717) is 0 Å². The highest BCUT2D eigenvalue weighted by Gasteiger charge is 2.23. The highest BCUT2D eigenvalue weighted by atomic mass is 16.2. The SMILES string of the molecule is CC(C)(C)NC(=O)N1CCN(c2ccccc2)CC1. The molecule has 0 unspecified atom stereocenters. The van der Waals surface area contributed by atoms with Gasteiger partial charge in [0.15, 0.2) is 0 Å². The van der Waals surface area contributed by atoms with Crippen molar-refractivity contribution in [2.75, 3.05) is 31.1 Å². The number of carbonyl (C=O) groups is 1. The lowest BCUT2D eigenvalue weighted by atomic mass is 10.1. The van der Waals surface area contributed by atoms with Crippen molar-refractivity contribution in [2.45, 2.75) is 26.3 Å². The van der Waals surface area contributed by atoms with E-state index in [-0.39, 0.29) is 11.6 Å². The Morgan fingerprint density at radius 2 is 1.63 bits per heavy atom. The molecule has 1 N–H and O–H groups in total. The molecule has 0 saturated carbocycles. The molecule has 0 atom stereocenters. The van der Waals surface area contributed by atoms with Crippen LogP contribution in [0.25, 0.3) is 0 Å². The van der Waals surface area contributed by atoms with Crippen molar-refractivity contribution in [3.05, 3.63) is 30.3 Å². The van der Waals surface area contributed by atoms with E-state index in [4.69, 9.17) is 0 Å². The molecule has 1 heterocycles. The third kappa shape index (κ3) is 3.88. The van der Waals surface area contributed by atoms with Gasteiger partial charge >= 0.3 is 6.03 Å². The average Bonchev–Trinajstić information content (AvgIpc) is 2.38. The average molecular weight is 261 g/mol. The normalized spacial score (nSPS) is 16.4. The molecule has 1 aliphatic heterocycles. The van der Waals surface area contributed by atoms with E-state index in [0.717, 1.165) is 26.2 Å². The number of nitrogens with one attached hydrogen (secondary N) is 1. The van der Waals surface area contributed by atoms with Gasteiger partial charge in [-0.05, 0) is 32.9 Å². The number of benzene rings is 1. The van der Waals surface area contributed by atoms with E-state index in [1.165, 1.54) is 5.69 Å². The number of rotatable bonds is 1. The smallest absolute Gasteiger partial charge is 0.317 e. The summed E-state index contributed by atoms with van der Waals surface area (Å²) in [5.41, 5.74) is 1.06. The predicted octanol–water partition coefficient (Wildman–Crippen LogP) is 2.32. The van der Waals surface area contributed by atoms with Crippen molar-refractivity contribution in [2.24, 2.45) is 0 Å². The summed E-state index contributed by atoms with van der Waals surface area (Å²) in [4.78, 5) is 16.3. The monoisotopic (exact) mass is 261 g/mol. The standard InChI is InChI=1S/C15H23N3O/c1-15(2,3)16-14(19)18-11-9-17(10-12-18)13-7-5-4-6-8-13/h4-8H,9-12H2,1-3H3,(H,16,19). The molecule has 104 valence electrons. The van der Waals surface area contributed by atoms with Crippen LogP contribution in [0.15, 0.2) is 30.3 Å². The zero-order chi connectivity index (χ0) is 13.9. The molecule has 0 bridgehead atoms. The molecule has 4 heteroatoms. The lowest BCUT2D eigenvalue weighted by Gasteiger charge is -2.37. The van der Waals surface area contributed by atoms with Crippen LogP contribution in [0.4, 0.5) is 10.5 Å². The van der Waals surface area contributed by atoms with Crippen molar-refractivity contribution < 1.29 is 4.79 Å². The number of hydrogen-bond acceptors (Lipinski definition) is 2. The van der Waals surface area contributed by atoms with Gasteiger partial charge in [-0.1, -0.05) is 18.2 Å². The molecule has 1 aliphatic rings. The first-order chi connectivity index (χ1) is 8.96. The van der Waals surface area contributed by atoms with E-state index >= 15 is 0 Å². The Morgan fingerprint density at radius 3 is 2.16 bits per heavy atom. The molecule has 0 aromatic heterocycles. The summed E-state index contributed by atoms with van der Waals surface area (Å²) in [5.74, 6) is 0. The lowest BCUT2D eigenvalue weighted by Crippen LogP contribution is -2.55. The Kier molecular flexibility index (Phi) is 3.98. The molecule has 2 rings (SSSR count). The van der Waals surface area contributed by atoms with Crippen LogP contribution in [0.5, 0.6) is 0 Å². The van der Waals surface area contributed by atoms with Crippen LogP contribution in [-0.2, 0) is 0 Å². The number of piperazine rings is 1. The molecule has 0 aliphatic carbocycles. The molecule has 0 spiro atoms. The quantitative estimate of drug-likeness (QED) is 0.842. The van der Waals surface area contributed by atoms with E-state index in [1.54, 1.807) is 0 Å². The summed E-state index contributed by atoms with van der Waals surface area (Å²) >= 11 is 0. The van der Waals surface area contributed by atoms with Crippen LogP contribution in [0.1, 0.15) is 20.8 Å². The molecule has 1 saturated heterocycles. The molecule has 1 aromatic rings. The van der Waals surface area contributed by atoms with E-state index in [9.17, 15) is 4.79 Å². The van der Waals surface area contributed by atoms with E-state index in [1.807, 2.05) is 43.9 Å². The Balaban J connectivity index is 1.88. The van der Waals surface area contributed by atoms with Crippen molar-refractivity contribution >= 4 is 11.7 Å². The van der Waals surface area contributed by atoms with Gasteiger partial charge in [-0.3, -0.25) is 0 Å². The molecule has 2 amide bonds. The van der Waals surface area contributed by atoms with Crippen molar-refractivity contribution in [1.82, 2.24) is 10.2 Å². The van der Waals surface area contributed by atoms with Crippen LogP contribution in [-0.4, -0.2) is 42.6 Å². The molecule has 1 fully saturated rings.